The maximum Gasteiger partial charge on any atom is 0.128 e. The van der Waals surface area contributed by atoms with Crippen molar-refractivity contribution in [1.82, 2.24) is 0 Å². The molecular formula is C14H17NO2S. The summed E-state index contributed by atoms with van der Waals surface area (Å²) in [6.07, 6.45) is 0.617. The minimum Gasteiger partial charge on any atom is -0.493 e. The Morgan fingerprint density at radius 3 is 2.78 bits per heavy atom. The van der Waals surface area contributed by atoms with Gasteiger partial charge in [0.25, 0.3) is 0 Å². The van der Waals surface area contributed by atoms with Crippen molar-refractivity contribution in [2.45, 2.75) is 20.3 Å². The Morgan fingerprint density at radius 2 is 2.11 bits per heavy atom. The third-order valence-corrected chi connectivity index (χ3v) is 3.20. The molecule has 0 bridgehead atoms. The lowest BCUT2D eigenvalue weighted by Crippen LogP contribution is -1.99. The second kappa shape index (κ2) is 7.70. The van der Waals surface area contributed by atoms with Crippen LogP contribution in [0.25, 0.3) is 10.1 Å². The molecule has 1 N–H and O–H groups in total. The van der Waals surface area contributed by atoms with Crippen LogP contribution in [-0.4, -0.2) is 18.3 Å². The molecule has 0 saturated carbocycles. The van der Waals surface area contributed by atoms with Crippen LogP contribution in [0.4, 0.5) is 0 Å². The first kappa shape index (κ1) is 14.5. The van der Waals surface area contributed by atoms with Crippen molar-refractivity contribution in [3.63, 3.8) is 0 Å². The quantitative estimate of drug-likeness (QED) is 0.858. The van der Waals surface area contributed by atoms with Crippen LogP contribution >= 0.6 is 11.3 Å². The van der Waals surface area contributed by atoms with Crippen LogP contribution in [0.15, 0.2) is 23.6 Å². The minimum atomic E-state index is 0.128. The van der Waals surface area contributed by atoms with Gasteiger partial charge in [-0.25, -0.2) is 0 Å². The van der Waals surface area contributed by atoms with Gasteiger partial charge in [0.1, 0.15) is 11.8 Å². The predicted octanol–water partition coefficient (Wildman–Crippen LogP) is 3.56. The Hall–Kier alpha value is -1.57. The summed E-state index contributed by atoms with van der Waals surface area (Å²) in [4.78, 5) is 0. The highest BCUT2D eigenvalue weighted by Gasteiger charge is 2.07. The van der Waals surface area contributed by atoms with Crippen molar-refractivity contribution in [2.24, 2.45) is 0 Å². The fraction of sp³-hybridized carbons (Fsp3) is 0.357. The SMILES string of the molecule is CC.N#Cc1ccc(OCCCO)c2ccsc12. The maximum atomic E-state index is 8.94. The average molecular weight is 263 g/mol. The topological polar surface area (TPSA) is 53.2 Å². The highest BCUT2D eigenvalue weighted by Crippen LogP contribution is 2.32. The molecule has 0 saturated heterocycles. The number of aliphatic hydroxyl groups excluding tert-OH is 1. The molecule has 1 heterocycles. The monoisotopic (exact) mass is 263 g/mol. The average Bonchev–Trinajstić information content (AvgIpc) is 2.91. The van der Waals surface area contributed by atoms with E-state index in [4.69, 9.17) is 15.1 Å². The van der Waals surface area contributed by atoms with E-state index in [-0.39, 0.29) is 6.61 Å². The molecule has 0 spiro atoms. The van der Waals surface area contributed by atoms with Gasteiger partial charge in [-0.05, 0) is 23.6 Å². The van der Waals surface area contributed by atoms with Gasteiger partial charge in [-0.1, -0.05) is 13.8 Å². The number of ether oxygens (including phenoxy) is 1. The summed E-state index contributed by atoms with van der Waals surface area (Å²) < 4.78 is 6.52. The molecule has 1 aromatic carbocycles. The molecule has 0 fully saturated rings. The Bertz CT molecular complexity index is 528. The summed E-state index contributed by atoms with van der Waals surface area (Å²) >= 11 is 1.54. The second-order valence-electron chi connectivity index (χ2n) is 3.31. The first-order chi connectivity index (χ1) is 8.86. The van der Waals surface area contributed by atoms with Crippen LogP contribution in [-0.2, 0) is 0 Å². The van der Waals surface area contributed by atoms with Crippen molar-refractivity contribution in [2.75, 3.05) is 13.2 Å². The summed E-state index contributed by atoms with van der Waals surface area (Å²) in [5.74, 6) is 0.781. The summed E-state index contributed by atoms with van der Waals surface area (Å²) in [5, 5.41) is 20.5. The third kappa shape index (κ3) is 3.22. The summed E-state index contributed by atoms with van der Waals surface area (Å²) in [7, 11) is 0. The van der Waals surface area contributed by atoms with Gasteiger partial charge in [-0.2, -0.15) is 5.26 Å². The van der Waals surface area contributed by atoms with E-state index < -0.39 is 0 Å². The zero-order valence-corrected chi connectivity index (χ0v) is 11.5. The second-order valence-corrected chi connectivity index (χ2v) is 4.23. The molecule has 0 unspecified atom stereocenters. The van der Waals surface area contributed by atoms with E-state index in [0.717, 1.165) is 15.8 Å². The van der Waals surface area contributed by atoms with Crippen molar-refractivity contribution >= 4 is 21.4 Å². The molecule has 1 aromatic heterocycles. The standard InChI is InChI=1S/C12H11NO2S.C2H6/c13-8-9-2-3-11(15-6-1-5-14)10-4-7-16-12(9)10;1-2/h2-4,7,14H,1,5-6H2;1-2H3. The molecule has 0 atom stereocenters. The minimum absolute atomic E-state index is 0.128. The van der Waals surface area contributed by atoms with Crippen molar-refractivity contribution in [3.05, 3.63) is 29.1 Å². The largest absolute Gasteiger partial charge is 0.493 e. The first-order valence-corrected chi connectivity index (χ1v) is 6.88. The molecule has 4 heteroatoms. The summed E-state index contributed by atoms with van der Waals surface area (Å²) in [6.45, 7) is 4.62. The van der Waals surface area contributed by atoms with Crippen LogP contribution in [0.5, 0.6) is 5.75 Å². The number of nitriles is 1. The number of aliphatic hydroxyl groups is 1. The number of rotatable bonds is 4. The van der Waals surface area contributed by atoms with Crippen molar-refractivity contribution in [3.8, 4) is 11.8 Å². The van der Waals surface area contributed by atoms with Crippen LogP contribution < -0.4 is 4.74 Å². The lowest BCUT2D eigenvalue weighted by Gasteiger charge is -2.06. The number of benzene rings is 1. The molecule has 18 heavy (non-hydrogen) atoms. The van der Waals surface area contributed by atoms with Crippen molar-refractivity contribution < 1.29 is 9.84 Å². The Morgan fingerprint density at radius 1 is 1.33 bits per heavy atom. The van der Waals surface area contributed by atoms with Gasteiger partial charge >= 0.3 is 0 Å². The van der Waals surface area contributed by atoms with Gasteiger partial charge in [0.2, 0.25) is 0 Å². The number of thiophene rings is 1. The van der Waals surface area contributed by atoms with Gasteiger partial charge < -0.3 is 9.84 Å². The lowest BCUT2D eigenvalue weighted by molar-refractivity contribution is 0.235. The van der Waals surface area contributed by atoms with Crippen LogP contribution in [0.2, 0.25) is 0 Å². The van der Waals surface area contributed by atoms with E-state index in [1.54, 1.807) is 17.4 Å². The van der Waals surface area contributed by atoms with E-state index in [0.29, 0.717) is 18.6 Å². The molecule has 0 aliphatic carbocycles. The highest BCUT2D eigenvalue weighted by atomic mass is 32.1. The smallest absolute Gasteiger partial charge is 0.128 e. The zero-order valence-electron chi connectivity index (χ0n) is 10.6. The molecule has 0 aliphatic heterocycles. The summed E-state index contributed by atoms with van der Waals surface area (Å²) in [5.41, 5.74) is 0.680. The Labute approximate surface area is 111 Å². The zero-order chi connectivity index (χ0) is 13.4. The van der Waals surface area contributed by atoms with Crippen molar-refractivity contribution in [1.29, 1.82) is 5.26 Å². The van der Waals surface area contributed by atoms with E-state index in [1.807, 2.05) is 31.4 Å². The number of nitrogens with zero attached hydrogens (tertiary/aromatic N) is 1. The highest BCUT2D eigenvalue weighted by molar-refractivity contribution is 7.17. The van der Waals surface area contributed by atoms with Gasteiger partial charge in [-0.15, -0.1) is 11.3 Å². The first-order valence-electron chi connectivity index (χ1n) is 6.01. The van der Waals surface area contributed by atoms with E-state index in [1.165, 1.54) is 0 Å². The molecule has 0 radical (unpaired) electrons. The molecule has 3 nitrogen and oxygen atoms in total. The van der Waals surface area contributed by atoms with Crippen LogP contribution in [0.1, 0.15) is 25.8 Å². The lowest BCUT2D eigenvalue weighted by atomic mass is 10.1. The third-order valence-electron chi connectivity index (χ3n) is 2.26. The number of hydrogen-bond donors (Lipinski definition) is 1. The molecular weight excluding hydrogens is 246 g/mol. The normalized spacial score (nSPS) is 9.44. The maximum absolute atomic E-state index is 8.94. The molecule has 0 amide bonds. The van der Waals surface area contributed by atoms with Gasteiger partial charge in [0, 0.05) is 18.4 Å². The fourth-order valence-corrected chi connectivity index (χ4v) is 2.37. The predicted molar refractivity (Wildman–Crippen MR) is 75.1 cm³/mol. The molecule has 96 valence electrons. The fourth-order valence-electron chi connectivity index (χ4n) is 1.50. The molecule has 2 rings (SSSR count). The van der Waals surface area contributed by atoms with Gasteiger partial charge in [0.05, 0.1) is 16.9 Å². The van der Waals surface area contributed by atoms with E-state index in [2.05, 4.69) is 6.07 Å². The Kier molecular flexibility index (Phi) is 6.20. The molecule has 2 aromatic rings. The van der Waals surface area contributed by atoms with Crippen LogP contribution in [0, 0.1) is 11.3 Å². The van der Waals surface area contributed by atoms with Gasteiger partial charge in [-0.3, -0.25) is 0 Å². The van der Waals surface area contributed by atoms with Crippen LogP contribution in [0.3, 0.4) is 0 Å². The van der Waals surface area contributed by atoms with Gasteiger partial charge in [0.15, 0.2) is 0 Å². The van der Waals surface area contributed by atoms with E-state index >= 15 is 0 Å². The molecule has 0 aliphatic rings. The number of hydrogen-bond acceptors (Lipinski definition) is 4. The number of fused-ring (bicyclic) bond motifs is 1. The van der Waals surface area contributed by atoms with E-state index in [9.17, 15) is 0 Å². The Balaban J connectivity index is 0.000000771. The summed E-state index contributed by atoms with van der Waals surface area (Å²) in [6, 6.07) is 7.70.